The van der Waals surface area contributed by atoms with Gasteiger partial charge in [0.05, 0.1) is 10.5 Å². The van der Waals surface area contributed by atoms with Gasteiger partial charge in [-0.2, -0.15) is 13.2 Å². The van der Waals surface area contributed by atoms with E-state index in [2.05, 4.69) is 22.2 Å². The van der Waals surface area contributed by atoms with Crippen LogP contribution in [0.25, 0.3) is 0 Å². The van der Waals surface area contributed by atoms with E-state index in [0.29, 0.717) is 12.1 Å². The maximum absolute atomic E-state index is 13.0. The third kappa shape index (κ3) is 5.26. The number of benzene rings is 2. The van der Waals surface area contributed by atoms with Gasteiger partial charge in [0.2, 0.25) is 0 Å². The van der Waals surface area contributed by atoms with Crippen molar-refractivity contribution in [1.29, 1.82) is 0 Å². The number of alkyl halides is 3. The van der Waals surface area contributed by atoms with Crippen LogP contribution in [0.5, 0.6) is 0 Å². The van der Waals surface area contributed by atoms with E-state index in [9.17, 15) is 28.1 Å². The summed E-state index contributed by atoms with van der Waals surface area (Å²) >= 11 is 0. The third-order valence-electron chi connectivity index (χ3n) is 4.98. The molecule has 0 bridgehead atoms. The lowest BCUT2D eigenvalue weighted by atomic mass is 10.1. The number of piperazine rings is 1. The van der Waals surface area contributed by atoms with Gasteiger partial charge in [-0.1, -0.05) is 12.1 Å². The Morgan fingerprint density at radius 1 is 1.10 bits per heavy atom. The molecule has 0 saturated carbocycles. The van der Waals surface area contributed by atoms with Gasteiger partial charge in [-0.15, -0.1) is 0 Å². The Hall–Kier alpha value is -3.14. The maximum atomic E-state index is 13.0. The number of halogens is 3. The lowest BCUT2D eigenvalue weighted by Gasteiger charge is -2.34. The Morgan fingerprint density at radius 3 is 2.30 bits per heavy atom. The first kappa shape index (κ1) is 21.6. The lowest BCUT2D eigenvalue weighted by Crippen LogP contribution is -2.44. The van der Waals surface area contributed by atoms with Gasteiger partial charge in [-0.25, -0.2) is 0 Å². The molecule has 7 nitrogen and oxygen atoms in total. The molecule has 160 valence electrons. The molecule has 1 saturated heterocycles. The molecule has 30 heavy (non-hydrogen) atoms. The van der Waals surface area contributed by atoms with Crippen LogP contribution in [0, 0.1) is 10.1 Å². The minimum Gasteiger partial charge on any atom is -0.369 e. The lowest BCUT2D eigenvalue weighted by molar-refractivity contribution is -0.385. The fourth-order valence-corrected chi connectivity index (χ4v) is 3.19. The molecule has 0 aliphatic carbocycles. The minimum atomic E-state index is -4.79. The third-order valence-corrected chi connectivity index (χ3v) is 4.98. The van der Waals surface area contributed by atoms with E-state index in [1.807, 2.05) is 24.3 Å². The zero-order chi connectivity index (χ0) is 21.9. The highest BCUT2D eigenvalue weighted by Gasteiger charge is 2.33. The Kier molecular flexibility index (Phi) is 6.25. The maximum Gasteiger partial charge on any atom is 0.416 e. The molecule has 1 N–H and O–H groups in total. The van der Waals surface area contributed by atoms with Gasteiger partial charge in [-0.3, -0.25) is 14.9 Å². The number of non-ortho nitro benzene ring substituents is 1. The SMILES string of the molecule is CN1CCN(c2ccc(CNC(=O)c3cc([N+](=O)[O-])cc(C(F)(F)F)c3)cc2)CC1. The molecule has 1 aliphatic rings. The number of rotatable bonds is 5. The zero-order valence-corrected chi connectivity index (χ0v) is 16.3. The van der Waals surface area contributed by atoms with Gasteiger partial charge < -0.3 is 15.1 Å². The van der Waals surface area contributed by atoms with Crippen molar-refractivity contribution in [3.8, 4) is 0 Å². The van der Waals surface area contributed by atoms with Crippen LogP contribution in [0.15, 0.2) is 42.5 Å². The first-order valence-corrected chi connectivity index (χ1v) is 9.31. The van der Waals surface area contributed by atoms with Crippen molar-refractivity contribution in [3.05, 3.63) is 69.3 Å². The largest absolute Gasteiger partial charge is 0.416 e. The Morgan fingerprint density at radius 2 is 1.73 bits per heavy atom. The molecule has 0 spiro atoms. The number of nitrogens with zero attached hydrogens (tertiary/aromatic N) is 3. The van der Waals surface area contributed by atoms with Gasteiger partial charge in [-0.05, 0) is 30.8 Å². The van der Waals surface area contributed by atoms with Crippen molar-refractivity contribution in [2.24, 2.45) is 0 Å². The highest BCUT2D eigenvalue weighted by Crippen LogP contribution is 2.32. The Balaban J connectivity index is 1.67. The Labute approximate surface area is 171 Å². The van der Waals surface area contributed by atoms with Gasteiger partial charge in [0.25, 0.3) is 11.6 Å². The van der Waals surface area contributed by atoms with E-state index in [4.69, 9.17) is 0 Å². The fraction of sp³-hybridized carbons (Fsp3) is 0.350. The molecule has 1 heterocycles. The molecule has 1 aliphatic heterocycles. The number of anilines is 1. The summed E-state index contributed by atoms with van der Waals surface area (Å²) in [7, 11) is 2.07. The van der Waals surface area contributed by atoms with E-state index >= 15 is 0 Å². The quantitative estimate of drug-likeness (QED) is 0.591. The van der Waals surface area contributed by atoms with Gasteiger partial charge in [0.1, 0.15) is 0 Å². The van der Waals surface area contributed by atoms with Crippen LogP contribution in [-0.2, 0) is 12.7 Å². The summed E-state index contributed by atoms with van der Waals surface area (Å²) in [6.45, 7) is 3.87. The van der Waals surface area contributed by atoms with Crippen molar-refractivity contribution >= 4 is 17.3 Å². The molecular formula is C20H21F3N4O3. The topological polar surface area (TPSA) is 78.7 Å². The van der Waals surface area contributed by atoms with Crippen molar-refractivity contribution < 1.29 is 22.9 Å². The molecule has 1 amide bonds. The second-order valence-corrected chi connectivity index (χ2v) is 7.16. The molecule has 0 radical (unpaired) electrons. The average molecular weight is 422 g/mol. The van der Waals surface area contributed by atoms with Crippen LogP contribution in [0.3, 0.4) is 0 Å². The summed E-state index contributed by atoms with van der Waals surface area (Å²) in [5.41, 5.74) is -0.607. The van der Waals surface area contributed by atoms with E-state index in [1.165, 1.54) is 0 Å². The number of carbonyl (C=O) groups excluding carboxylic acids is 1. The molecular weight excluding hydrogens is 401 g/mol. The number of nitrogens with one attached hydrogen (secondary N) is 1. The number of nitro groups is 1. The van der Waals surface area contributed by atoms with Gasteiger partial charge in [0, 0.05) is 56.1 Å². The van der Waals surface area contributed by atoms with Gasteiger partial charge >= 0.3 is 6.18 Å². The summed E-state index contributed by atoms with van der Waals surface area (Å²) < 4.78 is 38.9. The number of amides is 1. The van der Waals surface area contributed by atoms with Crippen molar-refractivity contribution in [1.82, 2.24) is 10.2 Å². The number of hydrogen-bond acceptors (Lipinski definition) is 5. The molecule has 3 rings (SSSR count). The van der Waals surface area contributed by atoms with Crippen LogP contribution >= 0.6 is 0 Å². The molecule has 2 aromatic rings. The van der Waals surface area contributed by atoms with E-state index in [-0.39, 0.29) is 6.54 Å². The predicted molar refractivity (Wildman–Crippen MR) is 105 cm³/mol. The summed E-state index contributed by atoms with van der Waals surface area (Å²) in [4.78, 5) is 26.8. The molecule has 2 aromatic carbocycles. The molecule has 0 aromatic heterocycles. The fourth-order valence-electron chi connectivity index (χ4n) is 3.19. The number of carbonyl (C=O) groups is 1. The summed E-state index contributed by atoms with van der Waals surface area (Å²) in [5.74, 6) is -0.813. The van der Waals surface area contributed by atoms with E-state index in [1.54, 1.807) is 0 Å². The summed E-state index contributed by atoms with van der Waals surface area (Å²) in [6, 6.07) is 9.39. The highest BCUT2D eigenvalue weighted by molar-refractivity contribution is 5.95. The smallest absolute Gasteiger partial charge is 0.369 e. The van der Waals surface area contributed by atoms with Crippen LogP contribution < -0.4 is 10.2 Å². The number of nitro benzene ring substituents is 1. The normalized spacial score (nSPS) is 15.1. The first-order valence-electron chi connectivity index (χ1n) is 9.31. The highest BCUT2D eigenvalue weighted by atomic mass is 19.4. The van der Waals surface area contributed by atoms with Crippen molar-refractivity contribution in [2.45, 2.75) is 12.7 Å². The minimum absolute atomic E-state index is 0.0892. The summed E-state index contributed by atoms with van der Waals surface area (Å²) in [6.07, 6.45) is -4.79. The molecule has 1 fully saturated rings. The average Bonchev–Trinajstić information content (AvgIpc) is 2.72. The van der Waals surface area contributed by atoms with Crippen LogP contribution in [0.2, 0.25) is 0 Å². The van der Waals surface area contributed by atoms with E-state index in [0.717, 1.165) is 43.5 Å². The number of likely N-dealkylation sites (N-methyl/N-ethyl adjacent to an activating group) is 1. The van der Waals surface area contributed by atoms with Crippen LogP contribution in [0.4, 0.5) is 24.5 Å². The zero-order valence-electron chi connectivity index (χ0n) is 16.3. The van der Waals surface area contributed by atoms with Crippen molar-refractivity contribution in [3.63, 3.8) is 0 Å². The molecule has 0 atom stereocenters. The Bertz CT molecular complexity index is 924. The van der Waals surface area contributed by atoms with Crippen molar-refractivity contribution in [2.75, 3.05) is 38.1 Å². The van der Waals surface area contributed by atoms with E-state index < -0.39 is 33.8 Å². The van der Waals surface area contributed by atoms with Crippen LogP contribution in [-0.4, -0.2) is 49.0 Å². The molecule has 10 heteroatoms. The second kappa shape index (κ2) is 8.70. The molecule has 0 unspecified atom stereocenters. The standard InChI is InChI=1S/C20H21F3N4O3/c1-25-6-8-26(9-7-25)17-4-2-14(3-5-17)13-24-19(28)15-10-16(20(21,22)23)12-18(11-15)27(29)30/h2-5,10-12H,6-9,13H2,1H3,(H,24,28). The summed E-state index contributed by atoms with van der Waals surface area (Å²) in [5, 5.41) is 13.4. The van der Waals surface area contributed by atoms with Gasteiger partial charge in [0.15, 0.2) is 0 Å². The second-order valence-electron chi connectivity index (χ2n) is 7.16. The number of hydrogen-bond donors (Lipinski definition) is 1. The first-order chi connectivity index (χ1) is 14.1. The predicted octanol–water partition coefficient (Wildman–Crippen LogP) is 3.30. The monoisotopic (exact) mass is 422 g/mol. The van der Waals surface area contributed by atoms with Crippen LogP contribution in [0.1, 0.15) is 21.5 Å².